The highest BCUT2D eigenvalue weighted by atomic mass is 16.1. The number of nitrogens with one attached hydrogen (secondary N) is 1. The molecule has 1 heterocycles. The van der Waals surface area contributed by atoms with Crippen LogP contribution in [0.4, 0.5) is 5.69 Å². The molecule has 0 spiro atoms. The average molecular weight is 200 g/mol. The summed E-state index contributed by atoms with van der Waals surface area (Å²) in [4.78, 5) is 14.2. The van der Waals surface area contributed by atoms with E-state index in [2.05, 4.69) is 4.98 Å². The number of anilines is 1. The van der Waals surface area contributed by atoms with Crippen LogP contribution in [0.1, 0.15) is 5.56 Å². The molecule has 1 aromatic carbocycles. The van der Waals surface area contributed by atoms with Gasteiger partial charge in [-0.3, -0.25) is 4.79 Å². The number of nitrogens with two attached hydrogens (primary N) is 1. The van der Waals surface area contributed by atoms with Gasteiger partial charge in [0.05, 0.1) is 0 Å². The van der Waals surface area contributed by atoms with Crippen LogP contribution in [0, 0.1) is 6.92 Å². The lowest BCUT2D eigenvalue weighted by Crippen LogP contribution is -2.08. The largest absolute Gasteiger partial charge is 0.398 e. The van der Waals surface area contributed by atoms with Crippen LogP contribution in [-0.4, -0.2) is 4.98 Å². The van der Waals surface area contributed by atoms with Crippen molar-refractivity contribution in [2.24, 2.45) is 0 Å². The molecule has 0 saturated heterocycles. The molecule has 3 nitrogen and oxygen atoms in total. The Morgan fingerprint density at radius 3 is 2.60 bits per heavy atom. The summed E-state index contributed by atoms with van der Waals surface area (Å²) in [7, 11) is 0. The normalized spacial score (nSPS) is 10.2. The van der Waals surface area contributed by atoms with Crippen LogP contribution in [0.3, 0.4) is 0 Å². The predicted octanol–water partition coefficient (Wildman–Crippen LogP) is 1.93. The SMILES string of the molecule is Cc1c(N)cccc1-c1ccc[nH]c1=O. The Labute approximate surface area is 87.6 Å². The minimum atomic E-state index is -0.0915. The summed E-state index contributed by atoms with van der Waals surface area (Å²) < 4.78 is 0. The molecular weight excluding hydrogens is 188 g/mol. The van der Waals surface area contributed by atoms with Gasteiger partial charge in [-0.15, -0.1) is 0 Å². The number of hydrogen-bond donors (Lipinski definition) is 2. The second kappa shape index (κ2) is 3.61. The Morgan fingerprint density at radius 1 is 1.13 bits per heavy atom. The maximum Gasteiger partial charge on any atom is 0.255 e. The van der Waals surface area contributed by atoms with Crippen LogP contribution < -0.4 is 11.3 Å². The summed E-state index contributed by atoms with van der Waals surface area (Å²) in [5, 5.41) is 0. The van der Waals surface area contributed by atoms with Gasteiger partial charge in [-0.2, -0.15) is 0 Å². The standard InChI is InChI=1S/C12H12N2O/c1-8-9(4-2-6-11(8)13)10-5-3-7-14-12(10)15/h2-7H,13H2,1H3,(H,14,15). The molecule has 0 aliphatic heterocycles. The number of H-pyrrole nitrogens is 1. The topological polar surface area (TPSA) is 58.9 Å². The van der Waals surface area contributed by atoms with Gasteiger partial charge in [0.2, 0.25) is 0 Å². The summed E-state index contributed by atoms with van der Waals surface area (Å²) in [5.41, 5.74) is 8.89. The fourth-order valence-corrected chi connectivity index (χ4v) is 1.58. The number of hydrogen-bond acceptors (Lipinski definition) is 2. The van der Waals surface area contributed by atoms with Crippen molar-refractivity contribution in [2.75, 3.05) is 5.73 Å². The first-order valence-electron chi connectivity index (χ1n) is 4.73. The zero-order valence-electron chi connectivity index (χ0n) is 8.45. The molecule has 76 valence electrons. The first kappa shape index (κ1) is 9.52. The Kier molecular flexibility index (Phi) is 2.29. The van der Waals surface area contributed by atoms with E-state index in [1.807, 2.05) is 25.1 Å². The van der Waals surface area contributed by atoms with Crippen molar-refractivity contribution in [3.8, 4) is 11.1 Å². The zero-order chi connectivity index (χ0) is 10.8. The first-order valence-corrected chi connectivity index (χ1v) is 4.73. The van der Waals surface area contributed by atoms with E-state index in [-0.39, 0.29) is 5.56 Å². The second-order valence-electron chi connectivity index (χ2n) is 3.43. The Morgan fingerprint density at radius 2 is 1.87 bits per heavy atom. The molecule has 0 aliphatic carbocycles. The van der Waals surface area contributed by atoms with Gasteiger partial charge < -0.3 is 10.7 Å². The number of aromatic nitrogens is 1. The summed E-state index contributed by atoms with van der Waals surface area (Å²) in [6.45, 7) is 1.91. The molecule has 0 atom stereocenters. The van der Waals surface area contributed by atoms with Crippen molar-refractivity contribution in [2.45, 2.75) is 6.92 Å². The quantitative estimate of drug-likeness (QED) is 0.691. The van der Waals surface area contributed by atoms with Gasteiger partial charge in [0.1, 0.15) is 0 Å². The maximum absolute atomic E-state index is 11.6. The van der Waals surface area contributed by atoms with Crippen LogP contribution in [0.15, 0.2) is 41.3 Å². The van der Waals surface area contributed by atoms with Gasteiger partial charge in [0, 0.05) is 17.4 Å². The summed E-state index contributed by atoms with van der Waals surface area (Å²) in [5.74, 6) is 0. The van der Waals surface area contributed by atoms with E-state index in [4.69, 9.17) is 5.73 Å². The van der Waals surface area contributed by atoms with Crippen LogP contribution >= 0.6 is 0 Å². The molecule has 0 amide bonds. The minimum absolute atomic E-state index is 0.0915. The third kappa shape index (κ3) is 1.64. The molecule has 1 aromatic heterocycles. The highest BCUT2D eigenvalue weighted by molar-refractivity contribution is 5.71. The molecule has 3 heteroatoms. The van der Waals surface area contributed by atoms with E-state index >= 15 is 0 Å². The molecule has 0 fully saturated rings. The van der Waals surface area contributed by atoms with Gasteiger partial charge in [-0.25, -0.2) is 0 Å². The smallest absolute Gasteiger partial charge is 0.255 e. The third-order valence-electron chi connectivity index (χ3n) is 2.48. The molecule has 2 rings (SSSR count). The minimum Gasteiger partial charge on any atom is -0.398 e. The van der Waals surface area contributed by atoms with Crippen molar-refractivity contribution in [3.63, 3.8) is 0 Å². The van der Waals surface area contributed by atoms with Crippen LogP contribution in [0.2, 0.25) is 0 Å². The fourth-order valence-electron chi connectivity index (χ4n) is 1.58. The number of rotatable bonds is 1. The Hall–Kier alpha value is -2.03. The van der Waals surface area contributed by atoms with Crippen molar-refractivity contribution < 1.29 is 0 Å². The van der Waals surface area contributed by atoms with Crippen LogP contribution in [-0.2, 0) is 0 Å². The van der Waals surface area contributed by atoms with Crippen molar-refractivity contribution in [1.82, 2.24) is 4.98 Å². The number of benzene rings is 1. The Balaban J connectivity index is 2.70. The zero-order valence-corrected chi connectivity index (χ0v) is 8.45. The van der Waals surface area contributed by atoms with E-state index in [1.165, 1.54) is 0 Å². The summed E-state index contributed by atoms with van der Waals surface area (Å²) in [6, 6.07) is 9.18. The van der Waals surface area contributed by atoms with Gasteiger partial charge in [-0.05, 0) is 36.2 Å². The monoisotopic (exact) mass is 200 g/mol. The number of aromatic amines is 1. The molecule has 3 N–H and O–H groups in total. The summed E-state index contributed by atoms with van der Waals surface area (Å²) >= 11 is 0. The van der Waals surface area contributed by atoms with Gasteiger partial charge in [0.25, 0.3) is 5.56 Å². The van der Waals surface area contributed by atoms with E-state index in [1.54, 1.807) is 18.3 Å². The third-order valence-corrected chi connectivity index (χ3v) is 2.48. The molecule has 0 unspecified atom stereocenters. The van der Waals surface area contributed by atoms with E-state index < -0.39 is 0 Å². The number of pyridine rings is 1. The van der Waals surface area contributed by atoms with E-state index in [9.17, 15) is 4.79 Å². The van der Waals surface area contributed by atoms with E-state index in [0.717, 1.165) is 11.1 Å². The van der Waals surface area contributed by atoms with Crippen LogP contribution in [0.5, 0.6) is 0 Å². The molecule has 0 saturated carbocycles. The molecule has 0 aliphatic rings. The van der Waals surface area contributed by atoms with Crippen molar-refractivity contribution in [1.29, 1.82) is 0 Å². The second-order valence-corrected chi connectivity index (χ2v) is 3.43. The molecule has 0 radical (unpaired) electrons. The summed E-state index contributed by atoms with van der Waals surface area (Å²) in [6.07, 6.45) is 1.62. The molecular formula is C12H12N2O. The first-order chi connectivity index (χ1) is 7.20. The van der Waals surface area contributed by atoms with Crippen molar-refractivity contribution >= 4 is 5.69 Å². The lowest BCUT2D eigenvalue weighted by molar-refractivity contribution is 1.24. The van der Waals surface area contributed by atoms with Gasteiger partial charge in [-0.1, -0.05) is 12.1 Å². The van der Waals surface area contributed by atoms with E-state index in [0.29, 0.717) is 11.3 Å². The van der Waals surface area contributed by atoms with Crippen LogP contribution in [0.25, 0.3) is 11.1 Å². The number of nitrogen functional groups attached to an aromatic ring is 1. The van der Waals surface area contributed by atoms with Gasteiger partial charge >= 0.3 is 0 Å². The lowest BCUT2D eigenvalue weighted by Gasteiger charge is -2.06. The highest BCUT2D eigenvalue weighted by Gasteiger charge is 2.06. The maximum atomic E-state index is 11.6. The Bertz CT molecular complexity index is 543. The average Bonchev–Trinajstić information content (AvgIpc) is 2.23. The lowest BCUT2D eigenvalue weighted by atomic mass is 10.0. The highest BCUT2D eigenvalue weighted by Crippen LogP contribution is 2.23. The predicted molar refractivity (Wildman–Crippen MR) is 61.6 cm³/mol. The molecule has 2 aromatic rings. The molecule has 15 heavy (non-hydrogen) atoms. The molecule has 0 bridgehead atoms. The van der Waals surface area contributed by atoms with Crippen molar-refractivity contribution in [3.05, 3.63) is 52.4 Å². The fraction of sp³-hybridized carbons (Fsp3) is 0.0833. The van der Waals surface area contributed by atoms with Gasteiger partial charge in [0.15, 0.2) is 0 Å².